The number of hydrogen-bond donors (Lipinski definition) is 0. The van der Waals surface area contributed by atoms with Gasteiger partial charge >= 0.3 is 0 Å². The van der Waals surface area contributed by atoms with Crippen molar-refractivity contribution in [3.63, 3.8) is 0 Å². The normalized spacial score (nSPS) is 8.75. The number of rotatable bonds is 0. The Kier molecular flexibility index (Phi) is 2.17. The highest BCUT2D eigenvalue weighted by Gasteiger charge is 2.06. The van der Waals surface area contributed by atoms with E-state index < -0.39 is 0 Å². The van der Waals surface area contributed by atoms with Crippen LogP contribution in [0.1, 0.15) is 20.8 Å². The molecule has 0 aromatic rings. The van der Waals surface area contributed by atoms with E-state index in [1.807, 2.05) is 13.8 Å². The van der Waals surface area contributed by atoms with Crippen molar-refractivity contribution in [3.05, 3.63) is 0 Å². The smallest absolute Gasteiger partial charge is 0.0860 e. The van der Waals surface area contributed by atoms with E-state index in [1.54, 1.807) is 6.92 Å². The topological polar surface area (TPSA) is 0 Å². The monoisotopic (exact) mass is 106 g/mol. The molecule has 0 aromatic carbocycles. The maximum Gasteiger partial charge on any atom is 0.0860 e. The minimum Gasteiger partial charge on any atom is -0.119 e. The van der Waals surface area contributed by atoms with Gasteiger partial charge in [-0.3, -0.25) is 0 Å². The van der Waals surface area contributed by atoms with Gasteiger partial charge in [-0.1, -0.05) is 11.8 Å². The van der Waals surface area contributed by atoms with Crippen molar-refractivity contribution >= 4 is 0 Å². The molecule has 0 aliphatic heterocycles. The zero-order valence-electron chi connectivity index (χ0n) is 5.58. The van der Waals surface area contributed by atoms with Gasteiger partial charge in [0, 0.05) is 0 Å². The summed E-state index contributed by atoms with van der Waals surface area (Å²) in [5.74, 6) is 8.22. The van der Waals surface area contributed by atoms with Crippen LogP contribution in [0.2, 0.25) is 0 Å². The van der Waals surface area contributed by atoms with Crippen LogP contribution < -0.4 is 0 Å². The van der Waals surface area contributed by atoms with Crippen LogP contribution in [0, 0.1) is 29.6 Å². The first-order chi connectivity index (χ1) is 3.62. The summed E-state index contributed by atoms with van der Waals surface area (Å²) < 4.78 is 0. The summed E-state index contributed by atoms with van der Waals surface area (Å²) in [4.78, 5) is 0. The van der Waals surface area contributed by atoms with E-state index in [0.717, 1.165) is 0 Å². The lowest BCUT2D eigenvalue weighted by atomic mass is 9.96. The Labute approximate surface area is 51.3 Å². The van der Waals surface area contributed by atoms with Crippen LogP contribution in [0.5, 0.6) is 0 Å². The molecule has 0 nitrogen and oxygen atoms in total. The van der Waals surface area contributed by atoms with Crippen LogP contribution in [0.25, 0.3) is 0 Å². The Morgan fingerprint density at radius 1 is 1.38 bits per heavy atom. The maximum absolute atomic E-state index is 5.14. The second-order valence-corrected chi connectivity index (χ2v) is 2.14. The SMILES string of the molecule is C#CC(C)(C)C#CC. The van der Waals surface area contributed by atoms with Crippen LogP contribution in [-0.2, 0) is 0 Å². The summed E-state index contributed by atoms with van der Waals surface area (Å²) in [5.41, 5.74) is -0.241. The fourth-order valence-electron chi connectivity index (χ4n) is 0.349. The Bertz CT molecular complexity index is 157. The Balaban J connectivity index is 4.12. The quantitative estimate of drug-likeness (QED) is 0.412. The molecule has 0 atom stereocenters. The zero-order valence-corrected chi connectivity index (χ0v) is 5.58. The molecule has 0 saturated heterocycles. The number of hydrogen-bond acceptors (Lipinski definition) is 0. The predicted molar refractivity (Wildman–Crippen MR) is 36.1 cm³/mol. The van der Waals surface area contributed by atoms with Crippen molar-refractivity contribution < 1.29 is 0 Å². The summed E-state index contributed by atoms with van der Waals surface area (Å²) in [6.45, 7) is 5.63. The third-order valence-corrected chi connectivity index (χ3v) is 0.798. The molecule has 0 aromatic heterocycles. The van der Waals surface area contributed by atoms with Gasteiger partial charge in [-0.15, -0.1) is 12.3 Å². The Morgan fingerprint density at radius 3 is 2.00 bits per heavy atom. The Hall–Kier alpha value is -0.880. The van der Waals surface area contributed by atoms with Crippen molar-refractivity contribution in [3.8, 4) is 24.2 Å². The van der Waals surface area contributed by atoms with Gasteiger partial charge < -0.3 is 0 Å². The van der Waals surface area contributed by atoms with E-state index in [9.17, 15) is 0 Å². The molecule has 42 valence electrons. The average molecular weight is 106 g/mol. The molecule has 0 unspecified atom stereocenters. The van der Waals surface area contributed by atoms with E-state index in [-0.39, 0.29) is 5.41 Å². The van der Waals surface area contributed by atoms with Gasteiger partial charge in [-0.2, -0.15) is 0 Å². The molecule has 0 aliphatic rings. The molecule has 8 heavy (non-hydrogen) atoms. The first-order valence-corrected chi connectivity index (χ1v) is 2.54. The molecule has 0 rings (SSSR count). The van der Waals surface area contributed by atoms with Crippen molar-refractivity contribution in [1.29, 1.82) is 0 Å². The summed E-state index contributed by atoms with van der Waals surface area (Å²) in [7, 11) is 0. The largest absolute Gasteiger partial charge is 0.119 e. The Morgan fingerprint density at radius 2 is 1.88 bits per heavy atom. The fraction of sp³-hybridized carbons (Fsp3) is 0.500. The van der Waals surface area contributed by atoms with Crippen LogP contribution in [-0.4, -0.2) is 0 Å². The molecule has 0 N–H and O–H groups in total. The molecule has 0 fully saturated rings. The van der Waals surface area contributed by atoms with E-state index >= 15 is 0 Å². The van der Waals surface area contributed by atoms with Gasteiger partial charge in [0.05, 0.1) is 5.41 Å². The van der Waals surface area contributed by atoms with Gasteiger partial charge in [0.15, 0.2) is 0 Å². The van der Waals surface area contributed by atoms with Crippen molar-refractivity contribution in [1.82, 2.24) is 0 Å². The highest BCUT2D eigenvalue weighted by Crippen LogP contribution is 2.09. The minimum absolute atomic E-state index is 0.241. The van der Waals surface area contributed by atoms with Crippen molar-refractivity contribution in [2.24, 2.45) is 5.41 Å². The second-order valence-electron chi connectivity index (χ2n) is 2.14. The minimum atomic E-state index is -0.241. The standard InChI is InChI=1S/C8H10/c1-5-7-8(3,4)6-2/h2H,1,3-4H3. The lowest BCUT2D eigenvalue weighted by Gasteiger charge is -2.05. The maximum atomic E-state index is 5.14. The van der Waals surface area contributed by atoms with Crippen molar-refractivity contribution in [2.75, 3.05) is 0 Å². The molecule has 0 radical (unpaired) electrons. The van der Waals surface area contributed by atoms with E-state index in [2.05, 4.69) is 17.8 Å². The molecule has 0 bridgehead atoms. The van der Waals surface area contributed by atoms with Crippen LogP contribution in [0.15, 0.2) is 0 Å². The van der Waals surface area contributed by atoms with E-state index in [0.29, 0.717) is 0 Å². The molecule has 0 aliphatic carbocycles. The summed E-state index contributed by atoms with van der Waals surface area (Å²) >= 11 is 0. The molecular formula is C8H10. The van der Waals surface area contributed by atoms with Gasteiger partial charge in [-0.25, -0.2) is 0 Å². The first-order valence-electron chi connectivity index (χ1n) is 2.54. The van der Waals surface area contributed by atoms with Crippen LogP contribution in [0.3, 0.4) is 0 Å². The van der Waals surface area contributed by atoms with Crippen LogP contribution >= 0.6 is 0 Å². The molecule has 0 saturated carbocycles. The van der Waals surface area contributed by atoms with Crippen molar-refractivity contribution in [2.45, 2.75) is 20.8 Å². The number of terminal acetylenes is 1. The summed E-state index contributed by atoms with van der Waals surface area (Å²) in [6.07, 6.45) is 5.14. The third-order valence-electron chi connectivity index (χ3n) is 0.798. The molecule has 0 heterocycles. The fourth-order valence-corrected chi connectivity index (χ4v) is 0.349. The molecule has 0 spiro atoms. The lowest BCUT2D eigenvalue weighted by molar-refractivity contribution is 0.686. The molecular weight excluding hydrogens is 96.1 g/mol. The first kappa shape index (κ1) is 7.12. The summed E-state index contributed by atoms with van der Waals surface area (Å²) in [6, 6.07) is 0. The molecule has 0 amide bonds. The second kappa shape index (κ2) is 2.43. The highest BCUT2D eigenvalue weighted by molar-refractivity contribution is 5.19. The lowest BCUT2D eigenvalue weighted by Crippen LogP contribution is -2.02. The highest BCUT2D eigenvalue weighted by atomic mass is 14.1. The predicted octanol–water partition coefficient (Wildman–Crippen LogP) is 1.67. The van der Waals surface area contributed by atoms with Gasteiger partial charge in [0.2, 0.25) is 0 Å². The zero-order chi connectivity index (χ0) is 6.62. The van der Waals surface area contributed by atoms with E-state index in [4.69, 9.17) is 6.42 Å². The third kappa shape index (κ3) is 2.32. The average Bonchev–Trinajstić information content (AvgIpc) is 1.67. The van der Waals surface area contributed by atoms with Gasteiger partial charge in [-0.05, 0) is 20.8 Å². The van der Waals surface area contributed by atoms with Crippen LogP contribution in [0.4, 0.5) is 0 Å². The summed E-state index contributed by atoms with van der Waals surface area (Å²) in [5, 5.41) is 0. The van der Waals surface area contributed by atoms with E-state index in [1.165, 1.54) is 0 Å². The molecule has 0 heteroatoms. The van der Waals surface area contributed by atoms with Gasteiger partial charge in [0.25, 0.3) is 0 Å². The van der Waals surface area contributed by atoms with Gasteiger partial charge in [0.1, 0.15) is 0 Å².